The van der Waals surface area contributed by atoms with Crippen LogP contribution in [0.3, 0.4) is 0 Å². The first-order valence-corrected chi connectivity index (χ1v) is 6.43. The molecular weight excluding hydrogens is 240 g/mol. The van der Waals surface area contributed by atoms with E-state index in [-0.39, 0.29) is 0 Å². The molecule has 0 aromatic heterocycles. The summed E-state index contributed by atoms with van der Waals surface area (Å²) in [4.78, 5) is 0. The largest absolute Gasteiger partial charge is 0.493 e. The normalized spacial score (nSPS) is 12.4. The van der Waals surface area contributed by atoms with E-state index in [1.807, 2.05) is 38.1 Å². The number of hydrogen-bond acceptors (Lipinski definition) is 3. The molecule has 1 N–H and O–H groups in total. The fraction of sp³-hybridized carbons (Fsp3) is 0.375. The fourth-order valence-electron chi connectivity index (χ4n) is 1.87. The second-order valence-electron chi connectivity index (χ2n) is 4.09. The van der Waals surface area contributed by atoms with E-state index in [1.54, 1.807) is 7.11 Å². The lowest BCUT2D eigenvalue weighted by Gasteiger charge is -2.17. The summed E-state index contributed by atoms with van der Waals surface area (Å²) in [5, 5.41) is 10.0. The number of aliphatic hydroxyl groups is 1. The SMILES string of the molecule is C=CC(O)c1cc(OCC)c(OC)cc1C/C=C/C. The van der Waals surface area contributed by atoms with Gasteiger partial charge in [-0.1, -0.05) is 18.2 Å². The highest BCUT2D eigenvalue weighted by Crippen LogP contribution is 2.34. The minimum atomic E-state index is -0.703. The Morgan fingerprint density at radius 2 is 2.11 bits per heavy atom. The second kappa shape index (κ2) is 7.64. The molecule has 0 fully saturated rings. The quantitative estimate of drug-likeness (QED) is 0.765. The van der Waals surface area contributed by atoms with Crippen molar-refractivity contribution < 1.29 is 14.6 Å². The van der Waals surface area contributed by atoms with Crippen molar-refractivity contribution in [2.75, 3.05) is 13.7 Å². The van der Waals surface area contributed by atoms with Crippen LogP contribution < -0.4 is 9.47 Å². The number of methoxy groups -OCH3 is 1. The topological polar surface area (TPSA) is 38.7 Å². The Kier molecular flexibility index (Phi) is 6.16. The Hall–Kier alpha value is -1.74. The molecule has 0 aliphatic heterocycles. The van der Waals surface area contributed by atoms with Crippen molar-refractivity contribution >= 4 is 0 Å². The van der Waals surface area contributed by atoms with Crippen molar-refractivity contribution in [2.24, 2.45) is 0 Å². The standard InChI is InChI=1S/C16H22O3/c1-5-8-9-12-10-15(18-4)16(19-7-3)11-13(12)14(17)6-2/h5-6,8,10-11,14,17H,2,7,9H2,1,3-4H3/b8-5+. The van der Waals surface area contributed by atoms with Gasteiger partial charge in [-0.05, 0) is 43.5 Å². The van der Waals surface area contributed by atoms with Gasteiger partial charge in [0.25, 0.3) is 0 Å². The molecule has 0 aliphatic rings. The Morgan fingerprint density at radius 1 is 1.37 bits per heavy atom. The zero-order valence-electron chi connectivity index (χ0n) is 11.8. The molecule has 0 aliphatic carbocycles. The first-order valence-electron chi connectivity index (χ1n) is 6.43. The smallest absolute Gasteiger partial charge is 0.161 e. The maximum atomic E-state index is 10.0. The maximum absolute atomic E-state index is 10.0. The Morgan fingerprint density at radius 3 is 2.63 bits per heavy atom. The molecule has 0 saturated heterocycles. The lowest BCUT2D eigenvalue weighted by atomic mass is 9.98. The van der Waals surface area contributed by atoms with Gasteiger partial charge in [0.2, 0.25) is 0 Å². The first-order chi connectivity index (χ1) is 9.17. The zero-order chi connectivity index (χ0) is 14.3. The average molecular weight is 262 g/mol. The van der Waals surface area contributed by atoms with Gasteiger partial charge in [-0.3, -0.25) is 0 Å². The number of hydrogen-bond donors (Lipinski definition) is 1. The number of rotatable bonds is 7. The molecule has 0 saturated carbocycles. The average Bonchev–Trinajstić information content (AvgIpc) is 2.44. The van der Waals surface area contributed by atoms with E-state index in [1.165, 1.54) is 6.08 Å². The number of allylic oxidation sites excluding steroid dienone is 2. The third-order valence-electron chi connectivity index (χ3n) is 2.84. The summed E-state index contributed by atoms with van der Waals surface area (Å²) in [6.07, 6.45) is 5.56. The summed E-state index contributed by atoms with van der Waals surface area (Å²) >= 11 is 0. The van der Waals surface area contributed by atoms with E-state index in [0.717, 1.165) is 17.5 Å². The third-order valence-corrected chi connectivity index (χ3v) is 2.84. The molecule has 1 unspecified atom stereocenters. The van der Waals surface area contributed by atoms with Crippen LogP contribution in [0.15, 0.2) is 36.9 Å². The van der Waals surface area contributed by atoms with Gasteiger partial charge in [-0.15, -0.1) is 6.58 Å². The van der Waals surface area contributed by atoms with Gasteiger partial charge in [-0.25, -0.2) is 0 Å². The monoisotopic (exact) mass is 262 g/mol. The molecular formula is C16H22O3. The van der Waals surface area contributed by atoms with Crippen molar-refractivity contribution in [3.05, 3.63) is 48.1 Å². The molecule has 0 heterocycles. The van der Waals surface area contributed by atoms with Gasteiger partial charge >= 0.3 is 0 Å². The predicted molar refractivity (Wildman–Crippen MR) is 77.8 cm³/mol. The Bertz CT molecular complexity index is 450. The summed E-state index contributed by atoms with van der Waals surface area (Å²) in [7, 11) is 1.61. The summed E-state index contributed by atoms with van der Waals surface area (Å²) in [6, 6.07) is 3.74. The minimum Gasteiger partial charge on any atom is -0.493 e. The van der Waals surface area contributed by atoms with Crippen molar-refractivity contribution in [1.82, 2.24) is 0 Å². The van der Waals surface area contributed by atoms with Gasteiger partial charge in [-0.2, -0.15) is 0 Å². The lowest BCUT2D eigenvalue weighted by Crippen LogP contribution is -2.03. The first kappa shape index (κ1) is 15.3. The van der Waals surface area contributed by atoms with E-state index in [0.29, 0.717) is 18.1 Å². The zero-order valence-corrected chi connectivity index (χ0v) is 11.8. The van der Waals surface area contributed by atoms with Crippen LogP contribution in [0.1, 0.15) is 31.1 Å². The number of aliphatic hydroxyl groups excluding tert-OH is 1. The molecule has 1 rings (SSSR count). The van der Waals surface area contributed by atoms with Gasteiger partial charge in [0, 0.05) is 0 Å². The summed E-state index contributed by atoms with van der Waals surface area (Å²) in [5.41, 5.74) is 1.81. The molecule has 19 heavy (non-hydrogen) atoms. The number of benzene rings is 1. The van der Waals surface area contributed by atoms with Gasteiger partial charge < -0.3 is 14.6 Å². The fourth-order valence-corrected chi connectivity index (χ4v) is 1.87. The van der Waals surface area contributed by atoms with E-state index < -0.39 is 6.10 Å². The van der Waals surface area contributed by atoms with Crippen LogP contribution in [0.2, 0.25) is 0 Å². The van der Waals surface area contributed by atoms with Crippen LogP contribution in [0, 0.1) is 0 Å². The van der Waals surface area contributed by atoms with Crippen molar-refractivity contribution in [3.63, 3.8) is 0 Å². The van der Waals surface area contributed by atoms with Crippen LogP contribution in [0.25, 0.3) is 0 Å². The summed E-state index contributed by atoms with van der Waals surface area (Å²) in [6.45, 7) is 8.07. The minimum absolute atomic E-state index is 0.550. The molecule has 3 nitrogen and oxygen atoms in total. The van der Waals surface area contributed by atoms with Gasteiger partial charge in [0.05, 0.1) is 19.8 Å². The third kappa shape index (κ3) is 3.86. The second-order valence-corrected chi connectivity index (χ2v) is 4.09. The van der Waals surface area contributed by atoms with Crippen LogP contribution >= 0.6 is 0 Å². The lowest BCUT2D eigenvalue weighted by molar-refractivity contribution is 0.226. The van der Waals surface area contributed by atoms with E-state index in [9.17, 15) is 5.11 Å². The summed E-state index contributed by atoms with van der Waals surface area (Å²) in [5.74, 6) is 1.33. The highest BCUT2D eigenvalue weighted by molar-refractivity contribution is 5.49. The molecule has 0 amide bonds. The predicted octanol–water partition coefficient (Wildman–Crippen LogP) is 3.43. The number of ether oxygens (including phenoxy) is 2. The summed E-state index contributed by atoms with van der Waals surface area (Å²) < 4.78 is 10.9. The molecule has 1 aromatic carbocycles. The Balaban J connectivity index is 3.29. The van der Waals surface area contributed by atoms with Crippen molar-refractivity contribution in [1.29, 1.82) is 0 Å². The van der Waals surface area contributed by atoms with Gasteiger partial charge in [0.15, 0.2) is 11.5 Å². The highest BCUT2D eigenvalue weighted by atomic mass is 16.5. The van der Waals surface area contributed by atoms with Crippen LogP contribution in [-0.4, -0.2) is 18.8 Å². The molecule has 0 spiro atoms. The van der Waals surface area contributed by atoms with Crippen LogP contribution in [0.5, 0.6) is 11.5 Å². The molecule has 1 atom stereocenters. The maximum Gasteiger partial charge on any atom is 0.161 e. The molecule has 104 valence electrons. The van der Waals surface area contributed by atoms with E-state index in [2.05, 4.69) is 6.58 Å². The highest BCUT2D eigenvalue weighted by Gasteiger charge is 2.14. The molecule has 0 radical (unpaired) electrons. The Labute approximate surface area is 115 Å². The molecule has 0 bridgehead atoms. The van der Waals surface area contributed by atoms with Crippen LogP contribution in [0.4, 0.5) is 0 Å². The van der Waals surface area contributed by atoms with Crippen molar-refractivity contribution in [3.8, 4) is 11.5 Å². The van der Waals surface area contributed by atoms with E-state index in [4.69, 9.17) is 9.47 Å². The van der Waals surface area contributed by atoms with E-state index >= 15 is 0 Å². The van der Waals surface area contributed by atoms with Crippen LogP contribution in [-0.2, 0) is 6.42 Å². The van der Waals surface area contributed by atoms with Gasteiger partial charge in [0.1, 0.15) is 0 Å². The molecule has 3 heteroatoms. The molecule has 1 aromatic rings. The van der Waals surface area contributed by atoms with Crippen molar-refractivity contribution in [2.45, 2.75) is 26.4 Å².